The van der Waals surface area contributed by atoms with E-state index < -0.39 is 0 Å². The van der Waals surface area contributed by atoms with Crippen molar-refractivity contribution in [2.24, 2.45) is 16.3 Å². The largest absolute Gasteiger partial charge is 0.377 e. The van der Waals surface area contributed by atoms with Crippen molar-refractivity contribution in [2.45, 2.75) is 102 Å². The van der Waals surface area contributed by atoms with Gasteiger partial charge in [-0.3, -0.25) is 4.99 Å². The lowest BCUT2D eigenvalue weighted by atomic mass is 9.46. The lowest BCUT2D eigenvalue weighted by Gasteiger charge is -2.63. The maximum Gasteiger partial charge on any atom is 0.191 e. The van der Waals surface area contributed by atoms with Crippen molar-refractivity contribution in [3.63, 3.8) is 0 Å². The summed E-state index contributed by atoms with van der Waals surface area (Å²) >= 11 is 0. The molecule has 2 saturated heterocycles. The van der Waals surface area contributed by atoms with E-state index in [1.54, 1.807) is 0 Å². The summed E-state index contributed by atoms with van der Waals surface area (Å²) < 4.78 is 6.09. The normalized spacial score (nSPS) is 35.3. The van der Waals surface area contributed by atoms with E-state index in [1.807, 2.05) is 0 Å². The van der Waals surface area contributed by atoms with Gasteiger partial charge in [0.15, 0.2) is 5.96 Å². The van der Waals surface area contributed by atoms with Gasteiger partial charge in [-0.1, -0.05) is 25.7 Å². The van der Waals surface area contributed by atoms with Crippen molar-refractivity contribution in [1.29, 1.82) is 0 Å². The number of nitrogens with one attached hydrogen (secondary N) is 2. The molecule has 0 aromatic rings. The minimum Gasteiger partial charge on any atom is -0.377 e. The molecule has 5 fully saturated rings. The van der Waals surface area contributed by atoms with Crippen LogP contribution in [0.4, 0.5) is 0 Å². The quantitative estimate of drug-likeness (QED) is 0.338. The monoisotopic (exact) mass is 516 g/mol. The number of fused-ring (bicyclic) bond motifs is 2. The second kappa shape index (κ2) is 9.60. The van der Waals surface area contributed by atoms with Crippen LogP contribution in [0.25, 0.3) is 0 Å². The maximum absolute atomic E-state index is 6.09. The number of ether oxygens (including phenoxy) is 1. The third kappa shape index (κ3) is 4.19. The summed E-state index contributed by atoms with van der Waals surface area (Å²) in [5.41, 5.74) is 0.418. The first kappa shape index (κ1) is 22.1. The average Bonchev–Trinajstić information content (AvgIpc) is 3.11. The topological polar surface area (TPSA) is 48.9 Å². The summed E-state index contributed by atoms with van der Waals surface area (Å²) in [7, 11) is 0. The zero-order valence-electron chi connectivity index (χ0n) is 18.2. The van der Waals surface area contributed by atoms with E-state index in [1.165, 1.54) is 83.7 Å². The second-order valence-electron chi connectivity index (χ2n) is 10.0. The molecule has 0 aromatic heterocycles. The van der Waals surface area contributed by atoms with Gasteiger partial charge in [-0.2, -0.15) is 0 Å². The molecule has 5 rings (SSSR count). The average molecular weight is 517 g/mol. The molecule has 2 N–H and O–H groups in total. The van der Waals surface area contributed by atoms with Crippen LogP contribution < -0.4 is 10.6 Å². The van der Waals surface area contributed by atoms with Gasteiger partial charge < -0.3 is 20.3 Å². The molecule has 3 aliphatic carbocycles. The van der Waals surface area contributed by atoms with Crippen LogP contribution >= 0.6 is 24.0 Å². The molecule has 2 heterocycles. The number of hydrogen-bond acceptors (Lipinski definition) is 3. The SMILES string of the molecule is CCN=C(NC1CCN(C2CCCCC2)CC1)NC1C2CCOC2C12CCC2.I. The summed E-state index contributed by atoms with van der Waals surface area (Å²) in [5, 5.41) is 7.70. The Hall–Kier alpha value is -0.0800. The Kier molecular flexibility index (Phi) is 7.32. The van der Waals surface area contributed by atoms with Gasteiger partial charge in [0.2, 0.25) is 0 Å². The van der Waals surface area contributed by atoms with Gasteiger partial charge in [0.05, 0.1) is 6.10 Å². The van der Waals surface area contributed by atoms with Gasteiger partial charge in [0, 0.05) is 55.7 Å². The van der Waals surface area contributed by atoms with E-state index in [9.17, 15) is 0 Å². The number of hydrogen-bond donors (Lipinski definition) is 2. The predicted molar refractivity (Wildman–Crippen MR) is 129 cm³/mol. The highest BCUT2D eigenvalue weighted by Crippen LogP contribution is 2.62. The van der Waals surface area contributed by atoms with E-state index in [2.05, 4.69) is 22.5 Å². The highest BCUT2D eigenvalue weighted by molar-refractivity contribution is 14.0. The molecule has 5 aliphatic rings. The van der Waals surface area contributed by atoms with E-state index in [0.29, 0.717) is 29.5 Å². The lowest BCUT2D eigenvalue weighted by molar-refractivity contribution is -0.171. The van der Waals surface area contributed by atoms with Crippen LogP contribution in [0.5, 0.6) is 0 Å². The molecule has 6 heteroatoms. The lowest BCUT2D eigenvalue weighted by Crippen LogP contribution is -2.72. The van der Waals surface area contributed by atoms with Gasteiger partial charge in [0.25, 0.3) is 0 Å². The van der Waals surface area contributed by atoms with E-state index in [-0.39, 0.29) is 24.0 Å². The number of halogens is 1. The molecule has 3 saturated carbocycles. The summed E-state index contributed by atoms with van der Waals surface area (Å²) in [5.74, 6) is 1.78. The molecule has 0 amide bonds. The molecular weight excluding hydrogens is 475 g/mol. The van der Waals surface area contributed by atoms with Gasteiger partial charge in [-0.05, 0) is 51.9 Å². The third-order valence-electron chi connectivity index (χ3n) is 8.61. The molecule has 29 heavy (non-hydrogen) atoms. The fourth-order valence-corrected chi connectivity index (χ4v) is 6.94. The highest BCUT2D eigenvalue weighted by Gasteiger charge is 2.66. The van der Waals surface area contributed by atoms with Crippen molar-refractivity contribution in [3.8, 4) is 0 Å². The third-order valence-corrected chi connectivity index (χ3v) is 8.61. The fraction of sp³-hybridized carbons (Fsp3) is 0.957. The molecule has 0 aromatic carbocycles. The number of aliphatic imine (C=N–C) groups is 1. The number of nitrogens with zero attached hydrogens (tertiary/aromatic N) is 2. The Balaban J connectivity index is 0.00000205. The first-order chi connectivity index (χ1) is 13.8. The van der Waals surface area contributed by atoms with Crippen molar-refractivity contribution in [3.05, 3.63) is 0 Å². The highest BCUT2D eigenvalue weighted by atomic mass is 127. The van der Waals surface area contributed by atoms with Crippen molar-refractivity contribution >= 4 is 29.9 Å². The van der Waals surface area contributed by atoms with Crippen LogP contribution in [-0.2, 0) is 4.74 Å². The Morgan fingerprint density at radius 3 is 2.41 bits per heavy atom. The summed E-state index contributed by atoms with van der Waals surface area (Å²) in [6, 6.07) is 2.02. The molecule has 3 atom stereocenters. The summed E-state index contributed by atoms with van der Waals surface area (Å²) in [4.78, 5) is 7.60. The van der Waals surface area contributed by atoms with E-state index in [4.69, 9.17) is 9.73 Å². The Labute approximate surface area is 194 Å². The van der Waals surface area contributed by atoms with Gasteiger partial charge >= 0.3 is 0 Å². The van der Waals surface area contributed by atoms with Crippen LogP contribution in [0.15, 0.2) is 4.99 Å². The van der Waals surface area contributed by atoms with Crippen LogP contribution in [0, 0.1) is 11.3 Å². The van der Waals surface area contributed by atoms with Gasteiger partial charge in [-0.15, -0.1) is 24.0 Å². The van der Waals surface area contributed by atoms with Crippen LogP contribution in [0.2, 0.25) is 0 Å². The number of rotatable bonds is 4. The Bertz CT molecular complexity index is 567. The van der Waals surface area contributed by atoms with Crippen molar-refractivity contribution in [1.82, 2.24) is 15.5 Å². The first-order valence-electron chi connectivity index (χ1n) is 12.2. The minimum atomic E-state index is 0. The van der Waals surface area contributed by atoms with Crippen molar-refractivity contribution in [2.75, 3.05) is 26.2 Å². The van der Waals surface area contributed by atoms with E-state index >= 15 is 0 Å². The van der Waals surface area contributed by atoms with E-state index in [0.717, 1.165) is 25.2 Å². The molecular formula is C23H41IN4O. The van der Waals surface area contributed by atoms with Gasteiger partial charge in [0.1, 0.15) is 0 Å². The number of likely N-dealkylation sites (tertiary alicyclic amines) is 1. The molecule has 1 spiro atoms. The molecule has 166 valence electrons. The fourth-order valence-electron chi connectivity index (χ4n) is 6.94. The molecule has 2 aliphatic heterocycles. The maximum atomic E-state index is 6.09. The Morgan fingerprint density at radius 2 is 1.76 bits per heavy atom. The summed E-state index contributed by atoms with van der Waals surface area (Å²) in [6.45, 7) is 6.47. The molecule has 0 bridgehead atoms. The number of piperidine rings is 1. The predicted octanol–water partition coefficient (Wildman–Crippen LogP) is 3.91. The second-order valence-corrected chi connectivity index (χ2v) is 10.0. The Morgan fingerprint density at radius 1 is 1.00 bits per heavy atom. The van der Waals surface area contributed by atoms with Crippen LogP contribution in [0.3, 0.4) is 0 Å². The molecule has 3 unspecified atom stereocenters. The molecule has 5 nitrogen and oxygen atoms in total. The number of guanidine groups is 1. The molecule has 0 radical (unpaired) electrons. The van der Waals surface area contributed by atoms with Crippen LogP contribution in [-0.4, -0.2) is 61.3 Å². The standard InChI is InChI=1S/C23H40N4O.HI/c1-2-24-22(26-20-19-11-16-28-21(19)23(20)12-6-13-23)25-17-9-14-27(15-10-17)18-7-4-3-5-8-18;/h17-21H,2-16H2,1H3,(H2,24,25,26);1H. The summed E-state index contributed by atoms with van der Waals surface area (Å²) in [6.07, 6.45) is 15.5. The minimum absolute atomic E-state index is 0. The van der Waals surface area contributed by atoms with Crippen LogP contribution in [0.1, 0.15) is 77.6 Å². The van der Waals surface area contributed by atoms with Gasteiger partial charge in [-0.25, -0.2) is 0 Å². The zero-order valence-corrected chi connectivity index (χ0v) is 20.5. The first-order valence-corrected chi connectivity index (χ1v) is 12.2. The smallest absolute Gasteiger partial charge is 0.191 e. The zero-order chi connectivity index (χ0) is 19.0. The van der Waals surface area contributed by atoms with Crippen molar-refractivity contribution < 1.29 is 4.74 Å².